The molecule has 1 rings (SSSR count). The van der Waals surface area contributed by atoms with E-state index in [-0.39, 0.29) is 16.3 Å². The van der Waals surface area contributed by atoms with Crippen LogP contribution >= 0.6 is 11.6 Å². The number of hydrogen-bond acceptors (Lipinski definition) is 4. The first-order chi connectivity index (χ1) is 8.77. The summed E-state index contributed by atoms with van der Waals surface area (Å²) in [7, 11) is -4.01. The molecular formula is C11H14ClNO5S. The van der Waals surface area contributed by atoms with Crippen LogP contribution in [0.3, 0.4) is 0 Å². The van der Waals surface area contributed by atoms with Crippen molar-refractivity contribution in [1.82, 2.24) is 4.72 Å². The molecule has 3 N–H and O–H groups in total. The molecule has 8 heteroatoms. The average Bonchev–Trinajstić information content (AvgIpc) is 2.31. The molecule has 0 aliphatic rings. The highest BCUT2D eigenvalue weighted by molar-refractivity contribution is 7.89. The number of carboxylic acids is 1. The standard InChI is InChI=1S/C11H14ClNO5S/c1-7-2-3-8(12)6-10(7)19(17,18)13-9(4-5-14)11(15)16/h2-3,6,9,13-14H,4-5H2,1H3,(H,15,16)/t9-/m0/s1. The topological polar surface area (TPSA) is 104 Å². The van der Waals surface area contributed by atoms with E-state index in [0.717, 1.165) is 0 Å². The summed E-state index contributed by atoms with van der Waals surface area (Å²) in [5.74, 6) is -1.35. The van der Waals surface area contributed by atoms with Crippen molar-refractivity contribution in [1.29, 1.82) is 0 Å². The SMILES string of the molecule is Cc1ccc(Cl)cc1S(=O)(=O)N[C@@H](CCO)C(=O)O. The monoisotopic (exact) mass is 307 g/mol. The van der Waals surface area contributed by atoms with Crippen molar-refractivity contribution < 1.29 is 23.4 Å². The number of aliphatic hydroxyl groups is 1. The van der Waals surface area contributed by atoms with E-state index in [1.165, 1.54) is 18.2 Å². The molecule has 19 heavy (non-hydrogen) atoms. The molecular weight excluding hydrogens is 294 g/mol. The van der Waals surface area contributed by atoms with E-state index < -0.39 is 28.6 Å². The molecule has 0 heterocycles. The van der Waals surface area contributed by atoms with Gasteiger partial charge in [-0.1, -0.05) is 17.7 Å². The smallest absolute Gasteiger partial charge is 0.321 e. The molecule has 1 aromatic rings. The number of aliphatic hydroxyl groups excluding tert-OH is 1. The largest absolute Gasteiger partial charge is 0.480 e. The second-order valence-electron chi connectivity index (χ2n) is 3.93. The second-order valence-corrected chi connectivity index (χ2v) is 6.05. The third-order valence-electron chi connectivity index (χ3n) is 2.45. The molecule has 0 aromatic heterocycles. The number of sulfonamides is 1. The zero-order chi connectivity index (χ0) is 14.6. The van der Waals surface area contributed by atoms with E-state index in [2.05, 4.69) is 0 Å². The summed E-state index contributed by atoms with van der Waals surface area (Å²) >= 11 is 5.73. The van der Waals surface area contributed by atoms with Crippen LogP contribution in [0, 0.1) is 6.92 Å². The minimum absolute atomic E-state index is 0.0795. The molecule has 106 valence electrons. The molecule has 0 bridgehead atoms. The fourth-order valence-electron chi connectivity index (χ4n) is 1.48. The maximum absolute atomic E-state index is 12.1. The van der Waals surface area contributed by atoms with E-state index in [9.17, 15) is 13.2 Å². The van der Waals surface area contributed by atoms with Crippen LogP contribution in [0.4, 0.5) is 0 Å². The lowest BCUT2D eigenvalue weighted by molar-refractivity contribution is -0.139. The Labute approximate surface area is 116 Å². The van der Waals surface area contributed by atoms with E-state index >= 15 is 0 Å². The van der Waals surface area contributed by atoms with Crippen molar-refractivity contribution >= 4 is 27.6 Å². The molecule has 0 radical (unpaired) electrons. The summed E-state index contributed by atoms with van der Waals surface area (Å²) in [6.45, 7) is 1.14. The highest BCUT2D eigenvalue weighted by atomic mass is 35.5. The Bertz CT molecular complexity index is 572. The van der Waals surface area contributed by atoms with E-state index in [1.54, 1.807) is 6.92 Å². The molecule has 0 spiro atoms. The molecule has 0 unspecified atom stereocenters. The number of aryl methyl sites for hydroxylation is 1. The van der Waals surface area contributed by atoms with Crippen LogP contribution in [0.5, 0.6) is 0 Å². The summed E-state index contributed by atoms with van der Waals surface area (Å²) in [4.78, 5) is 10.8. The number of carbonyl (C=O) groups is 1. The zero-order valence-corrected chi connectivity index (χ0v) is 11.7. The molecule has 6 nitrogen and oxygen atoms in total. The third-order valence-corrected chi connectivity index (χ3v) is 4.30. The number of aliphatic carboxylic acids is 1. The van der Waals surface area contributed by atoms with Crippen molar-refractivity contribution in [2.75, 3.05) is 6.61 Å². The fraction of sp³-hybridized carbons (Fsp3) is 0.364. The summed E-state index contributed by atoms with van der Waals surface area (Å²) in [6, 6.07) is 2.93. The highest BCUT2D eigenvalue weighted by Crippen LogP contribution is 2.20. The van der Waals surface area contributed by atoms with Crippen molar-refractivity contribution in [3.05, 3.63) is 28.8 Å². The summed E-state index contributed by atoms with van der Waals surface area (Å²) in [6.07, 6.45) is -0.214. The number of carboxylic acid groups (broad SMARTS) is 1. The number of hydrogen-bond donors (Lipinski definition) is 3. The van der Waals surface area contributed by atoms with Gasteiger partial charge < -0.3 is 10.2 Å². The van der Waals surface area contributed by atoms with Crippen LogP contribution < -0.4 is 4.72 Å². The summed E-state index contributed by atoms with van der Waals surface area (Å²) in [5, 5.41) is 17.8. The highest BCUT2D eigenvalue weighted by Gasteiger charge is 2.26. The lowest BCUT2D eigenvalue weighted by Gasteiger charge is -2.15. The van der Waals surface area contributed by atoms with Crippen LogP contribution in [-0.4, -0.2) is 37.2 Å². The normalized spacial score (nSPS) is 13.2. The first-order valence-corrected chi connectivity index (χ1v) is 7.26. The Morgan fingerprint density at radius 3 is 2.63 bits per heavy atom. The van der Waals surface area contributed by atoms with Gasteiger partial charge >= 0.3 is 5.97 Å². The molecule has 0 fully saturated rings. The van der Waals surface area contributed by atoms with Gasteiger partial charge in [0.1, 0.15) is 6.04 Å². The van der Waals surface area contributed by atoms with Gasteiger partial charge in [-0.2, -0.15) is 4.72 Å². The number of halogens is 1. The second kappa shape index (κ2) is 6.33. The Kier molecular flexibility index (Phi) is 5.30. The Balaban J connectivity index is 3.10. The van der Waals surface area contributed by atoms with Gasteiger partial charge in [0, 0.05) is 11.6 Å². The van der Waals surface area contributed by atoms with E-state index in [1.807, 2.05) is 4.72 Å². The van der Waals surface area contributed by atoms with Crippen molar-refractivity contribution in [3.8, 4) is 0 Å². The third kappa shape index (κ3) is 4.17. The predicted octanol–water partition coefficient (Wildman–Crippen LogP) is 0.762. The van der Waals surface area contributed by atoms with E-state index in [0.29, 0.717) is 5.56 Å². The van der Waals surface area contributed by atoms with Crippen LogP contribution in [0.2, 0.25) is 5.02 Å². The number of benzene rings is 1. The first kappa shape index (κ1) is 15.9. The lowest BCUT2D eigenvalue weighted by Crippen LogP contribution is -2.41. The fourth-order valence-corrected chi connectivity index (χ4v) is 3.21. The quantitative estimate of drug-likeness (QED) is 0.720. The molecule has 0 saturated carbocycles. The number of rotatable bonds is 6. The van der Waals surface area contributed by atoms with Gasteiger partial charge in [-0.3, -0.25) is 4.79 Å². The molecule has 0 aliphatic carbocycles. The molecule has 0 amide bonds. The van der Waals surface area contributed by atoms with Gasteiger partial charge in [0.15, 0.2) is 0 Å². The molecule has 0 aliphatic heterocycles. The Morgan fingerprint density at radius 2 is 2.11 bits per heavy atom. The maximum Gasteiger partial charge on any atom is 0.321 e. The maximum atomic E-state index is 12.1. The van der Waals surface area contributed by atoms with Gasteiger partial charge in [0.05, 0.1) is 4.90 Å². The summed E-state index contributed by atoms with van der Waals surface area (Å²) < 4.78 is 26.2. The van der Waals surface area contributed by atoms with Gasteiger partial charge in [0.25, 0.3) is 0 Å². The zero-order valence-electron chi connectivity index (χ0n) is 10.1. The Hall–Kier alpha value is -1.15. The summed E-state index contributed by atoms with van der Waals surface area (Å²) in [5.41, 5.74) is 0.449. The average molecular weight is 308 g/mol. The van der Waals surface area contributed by atoms with E-state index in [4.69, 9.17) is 21.8 Å². The first-order valence-electron chi connectivity index (χ1n) is 5.40. The van der Waals surface area contributed by atoms with Gasteiger partial charge in [-0.05, 0) is 31.0 Å². The minimum atomic E-state index is -4.01. The predicted molar refractivity (Wildman–Crippen MR) is 69.6 cm³/mol. The van der Waals surface area contributed by atoms with Crippen molar-refractivity contribution in [3.63, 3.8) is 0 Å². The van der Waals surface area contributed by atoms with Crippen molar-refractivity contribution in [2.24, 2.45) is 0 Å². The van der Waals surface area contributed by atoms with Crippen LogP contribution in [0.1, 0.15) is 12.0 Å². The lowest BCUT2D eigenvalue weighted by atomic mass is 10.2. The minimum Gasteiger partial charge on any atom is -0.480 e. The molecule has 0 saturated heterocycles. The Morgan fingerprint density at radius 1 is 1.47 bits per heavy atom. The molecule has 1 aromatic carbocycles. The van der Waals surface area contributed by atoms with Gasteiger partial charge in [-0.15, -0.1) is 0 Å². The molecule has 1 atom stereocenters. The van der Waals surface area contributed by atoms with Crippen LogP contribution in [0.25, 0.3) is 0 Å². The van der Waals surface area contributed by atoms with Crippen LogP contribution in [0.15, 0.2) is 23.1 Å². The van der Waals surface area contributed by atoms with Gasteiger partial charge in [-0.25, -0.2) is 8.42 Å². The van der Waals surface area contributed by atoms with Crippen LogP contribution in [-0.2, 0) is 14.8 Å². The van der Waals surface area contributed by atoms with Gasteiger partial charge in [0.2, 0.25) is 10.0 Å². The van der Waals surface area contributed by atoms with Crippen molar-refractivity contribution in [2.45, 2.75) is 24.3 Å². The number of nitrogens with one attached hydrogen (secondary N) is 1.